The summed E-state index contributed by atoms with van der Waals surface area (Å²) in [4.78, 5) is 22.2. The fourth-order valence-corrected chi connectivity index (χ4v) is 2.26. The van der Waals surface area contributed by atoms with Crippen LogP contribution in [0.25, 0.3) is 0 Å². The molecule has 7 nitrogen and oxygen atoms in total. The summed E-state index contributed by atoms with van der Waals surface area (Å²) >= 11 is 0.974. The van der Waals surface area contributed by atoms with Crippen molar-refractivity contribution >= 4 is 28.5 Å². The maximum atomic E-state index is 11.6. The predicted octanol–water partition coefficient (Wildman–Crippen LogP) is 2.49. The number of carbonyl (C=O) groups is 1. The van der Waals surface area contributed by atoms with Crippen LogP contribution in [0.4, 0.5) is 5.00 Å². The Morgan fingerprint density at radius 1 is 1.45 bits per heavy atom. The highest BCUT2D eigenvalue weighted by atomic mass is 32.1. The number of nitrogens with one attached hydrogen (secondary N) is 1. The SMILES string of the molecule is Cc1cccc(OCC(=O)NN=Cc2ccc([N+](=O)[O-])s2)c1. The number of benzene rings is 1. The first-order valence-corrected chi connectivity index (χ1v) is 7.12. The molecular weight excluding hydrogens is 306 g/mol. The number of hydrazone groups is 1. The van der Waals surface area contributed by atoms with Crippen LogP contribution in [0.3, 0.4) is 0 Å². The molecule has 2 aromatic rings. The highest BCUT2D eigenvalue weighted by Gasteiger charge is 2.08. The van der Waals surface area contributed by atoms with Crippen LogP contribution in [0.5, 0.6) is 5.75 Å². The van der Waals surface area contributed by atoms with Crippen molar-refractivity contribution in [2.75, 3.05) is 6.61 Å². The molecule has 1 heterocycles. The van der Waals surface area contributed by atoms with Crippen LogP contribution >= 0.6 is 11.3 Å². The molecule has 0 fully saturated rings. The maximum Gasteiger partial charge on any atom is 0.324 e. The molecule has 0 aliphatic carbocycles. The van der Waals surface area contributed by atoms with Gasteiger partial charge in [-0.3, -0.25) is 14.9 Å². The quantitative estimate of drug-likeness (QED) is 0.503. The summed E-state index contributed by atoms with van der Waals surface area (Å²) in [5.41, 5.74) is 3.33. The molecule has 2 rings (SSSR count). The molecule has 0 radical (unpaired) electrons. The number of nitro groups is 1. The fraction of sp³-hybridized carbons (Fsp3) is 0.143. The lowest BCUT2D eigenvalue weighted by Gasteiger charge is -2.05. The number of carbonyl (C=O) groups excluding carboxylic acids is 1. The van der Waals surface area contributed by atoms with E-state index in [1.54, 1.807) is 12.1 Å². The van der Waals surface area contributed by atoms with E-state index in [-0.39, 0.29) is 11.6 Å². The number of ether oxygens (including phenoxy) is 1. The number of aryl methyl sites for hydroxylation is 1. The van der Waals surface area contributed by atoms with Crippen LogP contribution in [-0.4, -0.2) is 23.7 Å². The van der Waals surface area contributed by atoms with Crippen molar-refractivity contribution in [2.24, 2.45) is 5.10 Å². The second kappa shape index (κ2) is 7.32. The molecule has 0 saturated carbocycles. The summed E-state index contributed by atoms with van der Waals surface area (Å²) in [6.07, 6.45) is 1.35. The van der Waals surface area contributed by atoms with Gasteiger partial charge in [-0.25, -0.2) is 5.43 Å². The molecular formula is C14H13N3O4S. The Morgan fingerprint density at radius 2 is 2.27 bits per heavy atom. The third-order valence-corrected chi connectivity index (χ3v) is 3.50. The Balaban J connectivity index is 1.79. The Morgan fingerprint density at radius 3 is 2.95 bits per heavy atom. The lowest BCUT2D eigenvalue weighted by molar-refractivity contribution is -0.380. The second-order valence-corrected chi connectivity index (χ2v) is 5.43. The molecule has 0 unspecified atom stereocenters. The first kappa shape index (κ1) is 15.6. The standard InChI is InChI=1S/C14H13N3O4S/c1-10-3-2-4-11(7-10)21-9-13(18)16-15-8-12-5-6-14(22-12)17(19)20/h2-8H,9H2,1H3,(H,16,18). The summed E-state index contributed by atoms with van der Waals surface area (Å²) in [5.74, 6) is 0.192. The fourth-order valence-electron chi connectivity index (χ4n) is 1.56. The maximum absolute atomic E-state index is 11.6. The molecule has 1 N–H and O–H groups in total. The zero-order valence-corrected chi connectivity index (χ0v) is 12.5. The van der Waals surface area contributed by atoms with Crippen LogP contribution in [-0.2, 0) is 4.79 Å². The zero-order valence-electron chi connectivity index (χ0n) is 11.7. The molecule has 1 aromatic heterocycles. The van der Waals surface area contributed by atoms with E-state index in [0.717, 1.165) is 16.9 Å². The van der Waals surface area contributed by atoms with E-state index in [1.807, 2.05) is 25.1 Å². The first-order valence-electron chi connectivity index (χ1n) is 6.30. The normalized spacial score (nSPS) is 10.6. The van der Waals surface area contributed by atoms with Gasteiger partial charge in [0.2, 0.25) is 0 Å². The predicted molar refractivity (Wildman–Crippen MR) is 83.4 cm³/mol. The molecule has 0 aliphatic heterocycles. The largest absolute Gasteiger partial charge is 0.484 e. The third kappa shape index (κ3) is 4.67. The lowest BCUT2D eigenvalue weighted by atomic mass is 10.2. The van der Waals surface area contributed by atoms with Crippen molar-refractivity contribution < 1.29 is 14.5 Å². The molecule has 1 amide bonds. The smallest absolute Gasteiger partial charge is 0.324 e. The highest BCUT2D eigenvalue weighted by molar-refractivity contribution is 7.16. The van der Waals surface area contributed by atoms with Gasteiger partial charge in [0.15, 0.2) is 6.61 Å². The topological polar surface area (TPSA) is 93.8 Å². The molecule has 0 aliphatic rings. The van der Waals surface area contributed by atoms with Gasteiger partial charge < -0.3 is 4.74 Å². The Labute approximate surface area is 130 Å². The van der Waals surface area contributed by atoms with Crippen LogP contribution in [0.15, 0.2) is 41.5 Å². The van der Waals surface area contributed by atoms with E-state index in [9.17, 15) is 14.9 Å². The highest BCUT2D eigenvalue weighted by Crippen LogP contribution is 2.22. The van der Waals surface area contributed by atoms with Gasteiger partial charge in [0, 0.05) is 6.07 Å². The van der Waals surface area contributed by atoms with Gasteiger partial charge in [0.25, 0.3) is 5.91 Å². The summed E-state index contributed by atoms with van der Waals surface area (Å²) in [6.45, 7) is 1.77. The monoisotopic (exact) mass is 319 g/mol. The number of amides is 1. The Hall–Kier alpha value is -2.74. The minimum absolute atomic E-state index is 0.0237. The number of nitrogens with zero attached hydrogens (tertiary/aromatic N) is 2. The van der Waals surface area contributed by atoms with Gasteiger partial charge in [-0.2, -0.15) is 5.10 Å². The third-order valence-electron chi connectivity index (χ3n) is 2.53. The number of rotatable bonds is 6. The average Bonchev–Trinajstić information content (AvgIpc) is 2.94. The molecule has 0 bridgehead atoms. The van der Waals surface area contributed by atoms with E-state index in [0.29, 0.717) is 10.6 Å². The van der Waals surface area contributed by atoms with Crippen LogP contribution in [0.1, 0.15) is 10.4 Å². The number of hydrogen-bond donors (Lipinski definition) is 1. The molecule has 1 aromatic carbocycles. The van der Waals surface area contributed by atoms with Crippen LogP contribution in [0, 0.1) is 17.0 Å². The molecule has 0 atom stereocenters. The number of hydrogen-bond acceptors (Lipinski definition) is 6. The average molecular weight is 319 g/mol. The molecule has 114 valence electrons. The van der Waals surface area contributed by atoms with E-state index in [2.05, 4.69) is 10.5 Å². The van der Waals surface area contributed by atoms with Gasteiger partial charge in [-0.1, -0.05) is 23.5 Å². The molecule has 0 saturated heterocycles. The Kier molecular flexibility index (Phi) is 5.21. The Bertz CT molecular complexity index is 712. The number of thiophene rings is 1. The van der Waals surface area contributed by atoms with Crippen molar-refractivity contribution in [1.29, 1.82) is 0 Å². The summed E-state index contributed by atoms with van der Waals surface area (Å²) in [5, 5.41) is 14.3. The molecule has 22 heavy (non-hydrogen) atoms. The van der Waals surface area contributed by atoms with E-state index < -0.39 is 10.8 Å². The van der Waals surface area contributed by atoms with E-state index in [4.69, 9.17) is 4.74 Å². The first-order chi connectivity index (χ1) is 10.5. The summed E-state index contributed by atoms with van der Waals surface area (Å²) in [7, 11) is 0. The summed E-state index contributed by atoms with van der Waals surface area (Å²) < 4.78 is 5.31. The minimum Gasteiger partial charge on any atom is -0.484 e. The van der Waals surface area contributed by atoms with Crippen molar-refractivity contribution in [1.82, 2.24) is 5.43 Å². The van der Waals surface area contributed by atoms with Gasteiger partial charge in [0.05, 0.1) is 16.0 Å². The van der Waals surface area contributed by atoms with Crippen molar-refractivity contribution in [3.8, 4) is 5.75 Å². The van der Waals surface area contributed by atoms with Gasteiger partial charge >= 0.3 is 5.00 Å². The van der Waals surface area contributed by atoms with Crippen molar-refractivity contribution in [3.63, 3.8) is 0 Å². The molecule has 0 spiro atoms. The minimum atomic E-state index is -0.476. The van der Waals surface area contributed by atoms with Crippen molar-refractivity contribution in [2.45, 2.75) is 6.92 Å². The van der Waals surface area contributed by atoms with Gasteiger partial charge in [0.1, 0.15) is 5.75 Å². The van der Waals surface area contributed by atoms with E-state index in [1.165, 1.54) is 12.3 Å². The summed E-state index contributed by atoms with van der Waals surface area (Å²) in [6, 6.07) is 10.3. The van der Waals surface area contributed by atoms with Crippen LogP contribution < -0.4 is 10.2 Å². The lowest BCUT2D eigenvalue weighted by Crippen LogP contribution is -2.24. The van der Waals surface area contributed by atoms with Crippen molar-refractivity contribution in [3.05, 3.63) is 57.0 Å². The molecule has 8 heteroatoms. The van der Waals surface area contributed by atoms with Gasteiger partial charge in [-0.15, -0.1) is 0 Å². The van der Waals surface area contributed by atoms with Crippen LogP contribution in [0.2, 0.25) is 0 Å². The van der Waals surface area contributed by atoms with Gasteiger partial charge in [-0.05, 0) is 30.7 Å². The second-order valence-electron chi connectivity index (χ2n) is 4.33. The zero-order chi connectivity index (χ0) is 15.9. The van der Waals surface area contributed by atoms with E-state index >= 15 is 0 Å².